The molecule has 1 aliphatic rings. The number of hydrogen-bond acceptors (Lipinski definition) is 3. The number of carbonyl (C=O) groups is 1. The average Bonchev–Trinajstić information content (AvgIpc) is 2.28. The number of ether oxygens (including phenoxy) is 1. The second-order valence-corrected chi connectivity index (χ2v) is 4.63. The van der Waals surface area contributed by atoms with Crippen LogP contribution in [-0.2, 0) is 9.53 Å². The molecule has 0 aliphatic carbocycles. The second-order valence-electron chi connectivity index (χ2n) is 4.63. The van der Waals surface area contributed by atoms with Gasteiger partial charge in [-0.15, -0.1) is 0 Å². The highest BCUT2D eigenvalue weighted by Crippen LogP contribution is 2.16. The van der Waals surface area contributed by atoms with Crippen LogP contribution >= 0.6 is 0 Å². The molecular formula is C11H22N2O2. The van der Waals surface area contributed by atoms with Crippen LogP contribution < -0.4 is 5.32 Å². The molecule has 0 radical (unpaired) electrons. The molecule has 1 N–H and O–H groups in total. The zero-order chi connectivity index (χ0) is 11.5. The molecule has 4 heteroatoms. The summed E-state index contributed by atoms with van der Waals surface area (Å²) in [5.74, 6) is 0.150. The first-order valence-corrected chi connectivity index (χ1v) is 5.53. The molecule has 0 aromatic rings. The van der Waals surface area contributed by atoms with E-state index in [1.165, 1.54) is 0 Å². The largest absolute Gasteiger partial charge is 0.381 e. The first kappa shape index (κ1) is 12.5. The summed E-state index contributed by atoms with van der Waals surface area (Å²) in [5.41, 5.74) is -0.479. The summed E-state index contributed by atoms with van der Waals surface area (Å²) < 4.78 is 5.29. The van der Waals surface area contributed by atoms with Gasteiger partial charge in [0.15, 0.2) is 0 Å². The normalized spacial score (nSPS) is 18.9. The van der Waals surface area contributed by atoms with Gasteiger partial charge in [-0.3, -0.25) is 4.79 Å². The number of amides is 1. The van der Waals surface area contributed by atoms with E-state index in [4.69, 9.17) is 4.74 Å². The van der Waals surface area contributed by atoms with Crippen LogP contribution in [0.15, 0.2) is 0 Å². The standard InChI is InChI=1S/C11H22N2O2/c1-11(2,12-3)10(14)13(4)9-5-7-15-8-6-9/h9,12H,5-8H2,1-4H3. The first-order valence-electron chi connectivity index (χ1n) is 5.53. The molecular weight excluding hydrogens is 192 g/mol. The molecule has 1 amide bonds. The summed E-state index contributed by atoms with van der Waals surface area (Å²) in [4.78, 5) is 14.0. The highest BCUT2D eigenvalue weighted by molar-refractivity contribution is 5.85. The molecule has 1 fully saturated rings. The highest BCUT2D eigenvalue weighted by atomic mass is 16.5. The molecule has 1 aliphatic heterocycles. The third kappa shape index (κ3) is 2.92. The Bertz CT molecular complexity index is 223. The van der Waals surface area contributed by atoms with Crippen molar-refractivity contribution in [3.8, 4) is 0 Å². The van der Waals surface area contributed by atoms with Crippen LogP contribution in [-0.4, -0.2) is 49.7 Å². The Balaban J connectivity index is 2.58. The topological polar surface area (TPSA) is 41.6 Å². The van der Waals surface area contributed by atoms with Crippen LogP contribution in [0.5, 0.6) is 0 Å². The van der Waals surface area contributed by atoms with Crippen molar-refractivity contribution >= 4 is 5.91 Å². The molecule has 0 unspecified atom stereocenters. The fourth-order valence-electron chi connectivity index (χ4n) is 1.79. The molecule has 88 valence electrons. The van der Waals surface area contributed by atoms with Crippen molar-refractivity contribution in [2.24, 2.45) is 0 Å². The Labute approximate surface area is 92.0 Å². The van der Waals surface area contributed by atoms with Gasteiger partial charge in [-0.25, -0.2) is 0 Å². The number of carbonyl (C=O) groups excluding carboxylic acids is 1. The van der Waals surface area contributed by atoms with Crippen molar-refractivity contribution < 1.29 is 9.53 Å². The summed E-state index contributed by atoms with van der Waals surface area (Å²) in [5, 5.41) is 3.04. The minimum atomic E-state index is -0.479. The zero-order valence-electron chi connectivity index (χ0n) is 10.2. The fourth-order valence-corrected chi connectivity index (χ4v) is 1.79. The lowest BCUT2D eigenvalue weighted by Crippen LogP contribution is -2.55. The molecule has 0 atom stereocenters. The van der Waals surface area contributed by atoms with E-state index in [2.05, 4.69) is 5.32 Å². The zero-order valence-corrected chi connectivity index (χ0v) is 10.2. The van der Waals surface area contributed by atoms with E-state index < -0.39 is 5.54 Å². The van der Waals surface area contributed by atoms with E-state index in [-0.39, 0.29) is 5.91 Å². The van der Waals surface area contributed by atoms with Crippen LogP contribution in [0, 0.1) is 0 Å². The van der Waals surface area contributed by atoms with Crippen LogP contribution in [0.1, 0.15) is 26.7 Å². The van der Waals surface area contributed by atoms with Gasteiger partial charge in [0, 0.05) is 26.3 Å². The molecule has 0 saturated carbocycles. The molecule has 0 aromatic carbocycles. The van der Waals surface area contributed by atoms with Gasteiger partial charge in [0.05, 0.1) is 5.54 Å². The van der Waals surface area contributed by atoms with Crippen molar-refractivity contribution in [2.45, 2.75) is 38.3 Å². The van der Waals surface area contributed by atoms with Crippen LogP contribution in [0.25, 0.3) is 0 Å². The monoisotopic (exact) mass is 214 g/mol. The number of hydrogen-bond donors (Lipinski definition) is 1. The van der Waals surface area contributed by atoms with E-state index >= 15 is 0 Å². The predicted molar refractivity (Wildman–Crippen MR) is 59.7 cm³/mol. The summed E-state index contributed by atoms with van der Waals surface area (Å²) >= 11 is 0. The van der Waals surface area contributed by atoms with Crippen LogP contribution in [0.2, 0.25) is 0 Å². The Morgan fingerprint density at radius 1 is 1.40 bits per heavy atom. The highest BCUT2D eigenvalue weighted by Gasteiger charge is 2.32. The number of likely N-dealkylation sites (N-methyl/N-ethyl adjacent to an activating group) is 2. The number of nitrogens with one attached hydrogen (secondary N) is 1. The minimum Gasteiger partial charge on any atom is -0.381 e. The van der Waals surface area contributed by atoms with E-state index in [1.54, 1.807) is 0 Å². The molecule has 0 bridgehead atoms. The van der Waals surface area contributed by atoms with Gasteiger partial charge in [0.1, 0.15) is 0 Å². The van der Waals surface area contributed by atoms with E-state index in [0.29, 0.717) is 6.04 Å². The smallest absolute Gasteiger partial charge is 0.242 e. The Morgan fingerprint density at radius 2 is 1.93 bits per heavy atom. The number of rotatable bonds is 3. The maximum absolute atomic E-state index is 12.1. The van der Waals surface area contributed by atoms with Gasteiger partial charge in [-0.1, -0.05) is 0 Å². The van der Waals surface area contributed by atoms with E-state index in [1.807, 2.05) is 32.8 Å². The maximum atomic E-state index is 12.1. The van der Waals surface area contributed by atoms with Crippen LogP contribution in [0.3, 0.4) is 0 Å². The summed E-state index contributed by atoms with van der Waals surface area (Å²) in [6.07, 6.45) is 1.89. The average molecular weight is 214 g/mol. The molecule has 1 heterocycles. The number of nitrogens with zero attached hydrogens (tertiary/aromatic N) is 1. The van der Waals surface area contributed by atoms with Gasteiger partial charge in [0.2, 0.25) is 5.91 Å². The van der Waals surface area contributed by atoms with E-state index in [9.17, 15) is 4.79 Å². The molecule has 0 aromatic heterocycles. The summed E-state index contributed by atoms with van der Waals surface area (Å²) in [6.45, 7) is 5.35. The predicted octanol–water partition coefficient (Wildman–Crippen LogP) is 0.622. The maximum Gasteiger partial charge on any atom is 0.242 e. The summed E-state index contributed by atoms with van der Waals surface area (Å²) in [7, 11) is 3.70. The summed E-state index contributed by atoms with van der Waals surface area (Å²) in [6, 6.07) is 0.332. The van der Waals surface area contributed by atoms with E-state index in [0.717, 1.165) is 26.1 Å². The Kier molecular flexibility index (Phi) is 4.11. The molecule has 0 spiro atoms. The van der Waals surface area contributed by atoms with Gasteiger partial charge >= 0.3 is 0 Å². The fraction of sp³-hybridized carbons (Fsp3) is 0.909. The Morgan fingerprint density at radius 3 is 2.40 bits per heavy atom. The van der Waals surface area contributed by atoms with Crippen LogP contribution in [0.4, 0.5) is 0 Å². The van der Waals surface area contributed by atoms with Crippen molar-refractivity contribution in [3.63, 3.8) is 0 Å². The quantitative estimate of drug-likeness (QED) is 0.749. The lowest BCUT2D eigenvalue weighted by molar-refractivity contribution is -0.139. The molecule has 4 nitrogen and oxygen atoms in total. The van der Waals surface area contributed by atoms with Crippen molar-refractivity contribution in [2.75, 3.05) is 27.3 Å². The lowest BCUT2D eigenvalue weighted by atomic mass is 10.0. The lowest BCUT2D eigenvalue weighted by Gasteiger charge is -2.36. The SMILES string of the molecule is CNC(C)(C)C(=O)N(C)C1CCOCC1. The van der Waals surface area contributed by atoms with Gasteiger partial charge in [-0.05, 0) is 33.7 Å². The third-order valence-corrected chi connectivity index (χ3v) is 3.22. The van der Waals surface area contributed by atoms with Crippen molar-refractivity contribution in [1.29, 1.82) is 0 Å². The van der Waals surface area contributed by atoms with Crippen molar-refractivity contribution in [3.05, 3.63) is 0 Å². The molecule has 15 heavy (non-hydrogen) atoms. The minimum absolute atomic E-state index is 0.150. The third-order valence-electron chi connectivity index (χ3n) is 3.22. The Hall–Kier alpha value is -0.610. The van der Waals surface area contributed by atoms with Gasteiger partial charge in [-0.2, -0.15) is 0 Å². The van der Waals surface area contributed by atoms with Crippen molar-refractivity contribution in [1.82, 2.24) is 10.2 Å². The molecule has 1 saturated heterocycles. The first-order chi connectivity index (χ1) is 6.99. The second kappa shape index (κ2) is 4.94. The van der Waals surface area contributed by atoms with Gasteiger partial charge < -0.3 is 15.0 Å². The van der Waals surface area contributed by atoms with Gasteiger partial charge in [0.25, 0.3) is 0 Å². The molecule has 1 rings (SSSR count).